The molecule has 1 heterocycles. The molecule has 12 heavy (non-hydrogen) atoms. The number of hydrogen-bond donors (Lipinski definition) is 0. The molecule has 0 radical (unpaired) electrons. The molecule has 1 aromatic heterocycles. The maximum Gasteiger partial charge on any atom is 0.0598 e. The SMILES string of the molecule is ClCCCCCSc1cccs1. The maximum absolute atomic E-state index is 5.58. The van der Waals surface area contributed by atoms with E-state index in [-0.39, 0.29) is 0 Å². The van der Waals surface area contributed by atoms with Crippen LogP contribution in [0.3, 0.4) is 0 Å². The van der Waals surface area contributed by atoms with Crippen LogP contribution < -0.4 is 0 Å². The monoisotopic (exact) mass is 220 g/mol. The first-order valence-corrected chi connectivity index (χ1v) is 6.56. The predicted molar refractivity (Wildman–Crippen MR) is 59.6 cm³/mol. The van der Waals surface area contributed by atoms with Gasteiger partial charge in [0.05, 0.1) is 4.21 Å². The van der Waals surface area contributed by atoms with Crippen LogP contribution in [0.1, 0.15) is 19.3 Å². The third-order valence-corrected chi connectivity index (χ3v) is 4.00. The molecule has 0 saturated heterocycles. The fourth-order valence-electron chi connectivity index (χ4n) is 0.892. The molecule has 3 heteroatoms. The number of rotatable bonds is 6. The largest absolute Gasteiger partial charge is 0.137 e. The lowest BCUT2D eigenvalue weighted by molar-refractivity contribution is 0.783. The Hall–Kier alpha value is 0.340. The van der Waals surface area contributed by atoms with Crippen LogP contribution in [-0.2, 0) is 0 Å². The van der Waals surface area contributed by atoms with Crippen LogP contribution >= 0.6 is 34.7 Å². The number of hydrogen-bond acceptors (Lipinski definition) is 2. The zero-order chi connectivity index (χ0) is 8.65. The number of thioether (sulfide) groups is 1. The van der Waals surface area contributed by atoms with Crippen LogP contribution in [-0.4, -0.2) is 11.6 Å². The van der Waals surface area contributed by atoms with Gasteiger partial charge in [-0.1, -0.05) is 12.5 Å². The number of unbranched alkanes of at least 4 members (excludes halogenated alkanes) is 2. The van der Waals surface area contributed by atoms with Gasteiger partial charge in [0.15, 0.2) is 0 Å². The fraction of sp³-hybridized carbons (Fsp3) is 0.556. The number of alkyl halides is 1. The van der Waals surface area contributed by atoms with Gasteiger partial charge >= 0.3 is 0 Å². The van der Waals surface area contributed by atoms with Crippen molar-refractivity contribution in [2.45, 2.75) is 23.5 Å². The van der Waals surface area contributed by atoms with Gasteiger partial charge in [0.1, 0.15) is 0 Å². The van der Waals surface area contributed by atoms with Crippen LogP contribution in [0.5, 0.6) is 0 Å². The lowest BCUT2D eigenvalue weighted by Crippen LogP contribution is -1.80. The first-order chi connectivity index (χ1) is 5.93. The highest BCUT2D eigenvalue weighted by molar-refractivity contribution is 8.01. The van der Waals surface area contributed by atoms with E-state index in [1.54, 1.807) is 0 Å². The normalized spacial score (nSPS) is 10.4. The number of thiophene rings is 1. The zero-order valence-electron chi connectivity index (χ0n) is 6.96. The minimum absolute atomic E-state index is 0.809. The van der Waals surface area contributed by atoms with Crippen LogP contribution in [0.2, 0.25) is 0 Å². The van der Waals surface area contributed by atoms with Crippen LogP contribution in [0.25, 0.3) is 0 Å². The predicted octanol–water partition coefficient (Wildman–Crippen LogP) is 4.25. The Bertz CT molecular complexity index is 184. The lowest BCUT2D eigenvalue weighted by atomic mass is 10.3. The van der Waals surface area contributed by atoms with E-state index in [1.165, 1.54) is 22.8 Å². The molecule has 0 fully saturated rings. The van der Waals surface area contributed by atoms with E-state index >= 15 is 0 Å². The minimum atomic E-state index is 0.809. The molecule has 0 spiro atoms. The first kappa shape index (κ1) is 10.4. The zero-order valence-corrected chi connectivity index (χ0v) is 9.35. The van der Waals surface area contributed by atoms with Gasteiger partial charge in [0, 0.05) is 5.88 Å². The van der Waals surface area contributed by atoms with Gasteiger partial charge in [-0.25, -0.2) is 0 Å². The number of halogens is 1. The summed E-state index contributed by atoms with van der Waals surface area (Å²) in [5, 5.41) is 2.13. The summed E-state index contributed by atoms with van der Waals surface area (Å²) in [6, 6.07) is 4.28. The smallest absolute Gasteiger partial charge is 0.0598 e. The molecule has 0 N–H and O–H groups in total. The van der Waals surface area contributed by atoms with Gasteiger partial charge in [0.2, 0.25) is 0 Å². The highest BCUT2D eigenvalue weighted by Crippen LogP contribution is 2.24. The molecule has 1 aromatic rings. The second-order valence-electron chi connectivity index (χ2n) is 2.53. The molecule has 0 aliphatic carbocycles. The van der Waals surface area contributed by atoms with E-state index in [9.17, 15) is 0 Å². The van der Waals surface area contributed by atoms with Gasteiger partial charge in [0.25, 0.3) is 0 Å². The second-order valence-corrected chi connectivity index (χ2v) is 5.25. The van der Waals surface area contributed by atoms with E-state index in [2.05, 4.69) is 17.5 Å². The van der Waals surface area contributed by atoms with E-state index in [1.807, 2.05) is 23.1 Å². The highest BCUT2D eigenvalue weighted by Gasteiger charge is 1.93. The van der Waals surface area contributed by atoms with Crippen molar-refractivity contribution < 1.29 is 0 Å². The maximum atomic E-state index is 5.58. The molecular weight excluding hydrogens is 208 g/mol. The van der Waals surface area contributed by atoms with Crippen LogP contribution in [0.15, 0.2) is 21.7 Å². The molecule has 0 aliphatic heterocycles. The Morgan fingerprint density at radius 1 is 1.33 bits per heavy atom. The summed E-state index contributed by atoms with van der Waals surface area (Å²) in [5.74, 6) is 2.04. The van der Waals surface area contributed by atoms with Crippen molar-refractivity contribution in [3.63, 3.8) is 0 Å². The fourth-order valence-corrected chi connectivity index (χ4v) is 2.94. The summed E-state index contributed by atoms with van der Waals surface area (Å²) in [6.07, 6.45) is 3.71. The van der Waals surface area contributed by atoms with E-state index in [4.69, 9.17) is 11.6 Å². The molecule has 0 aromatic carbocycles. The standard InChI is InChI=1S/C9H13ClS2/c10-6-2-1-3-7-11-9-5-4-8-12-9/h4-5,8H,1-3,6-7H2. The molecule has 0 nitrogen and oxygen atoms in total. The first-order valence-electron chi connectivity index (χ1n) is 4.16. The van der Waals surface area contributed by atoms with Crippen molar-refractivity contribution in [2.24, 2.45) is 0 Å². The second kappa shape index (κ2) is 6.81. The van der Waals surface area contributed by atoms with Crippen molar-refractivity contribution >= 4 is 34.7 Å². The average Bonchev–Trinajstić information content (AvgIpc) is 2.57. The van der Waals surface area contributed by atoms with Gasteiger partial charge in [-0.05, 0) is 30.0 Å². The molecule has 0 atom stereocenters. The molecule has 0 saturated carbocycles. The lowest BCUT2D eigenvalue weighted by Gasteiger charge is -1.96. The molecule has 0 amide bonds. The molecule has 0 bridgehead atoms. The van der Waals surface area contributed by atoms with Gasteiger partial charge in [-0.2, -0.15) is 0 Å². The summed E-state index contributed by atoms with van der Waals surface area (Å²) in [7, 11) is 0. The highest BCUT2D eigenvalue weighted by atomic mass is 35.5. The minimum Gasteiger partial charge on any atom is -0.137 e. The Labute approximate surface area is 87.3 Å². The van der Waals surface area contributed by atoms with Gasteiger partial charge in [-0.15, -0.1) is 34.7 Å². The summed E-state index contributed by atoms with van der Waals surface area (Å²) in [6.45, 7) is 0. The van der Waals surface area contributed by atoms with Gasteiger partial charge < -0.3 is 0 Å². The van der Waals surface area contributed by atoms with Crippen molar-refractivity contribution in [2.75, 3.05) is 11.6 Å². The summed E-state index contributed by atoms with van der Waals surface area (Å²) < 4.78 is 1.43. The van der Waals surface area contributed by atoms with E-state index < -0.39 is 0 Å². The Balaban J connectivity index is 1.96. The molecular formula is C9H13ClS2. The van der Waals surface area contributed by atoms with Crippen LogP contribution in [0, 0.1) is 0 Å². The molecule has 68 valence electrons. The third-order valence-electron chi connectivity index (χ3n) is 1.52. The molecule has 0 unspecified atom stereocenters. The van der Waals surface area contributed by atoms with Crippen molar-refractivity contribution in [3.8, 4) is 0 Å². The van der Waals surface area contributed by atoms with Gasteiger partial charge in [-0.3, -0.25) is 0 Å². The Morgan fingerprint density at radius 3 is 2.92 bits per heavy atom. The quantitative estimate of drug-likeness (QED) is 0.393. The molecule has 0 aliphatic rings. The molecule has 1 rings (SSSR count). The van der Waals surface area contributed by atoms with E-state index in [0.29, 0.717) is 0 Å². The van der Waals surface area contributed by atoms with Crippen LogP contribution in [0.4, 0.5) is 0 Å². The topological polar surface area (TPSA) is 0 Å². The van der Waals surface area contributed by atoms with Crippen molar-refractivity contribution in [1.82, 2.24) is 0 Å². The van der Waals surface area contributed by atoms with E-state index in [0.717, 1.165) is 12.3 Å². The van der Waals surface area contributed by atoms with Crippen molar-refractivity contribution in [1.29, 1.82) is 0 Å². The summed E-state index contributed by atoms with van der Waals surface area (Å²) >= 11 is 9.35. The Kier molecular flexibility index (Phi) is 5.92. The van der Waals surface area contributed by atoms with Crippen molar-refractivity contribution in [3.05, 3.63) is 17.5 Å². The summed E-state index contributed by atoms with van der Waals surface area (Å²) in [4.78, 5) is 0. The average molecular weight is 221 g/mol. The summed E-state index contributed by atoms with van der Waals surface area (Å²) in [5.41, 5.74) is 0. The third kappa shape index (κ3) is 4.39. The Morgan fingerprint density at radius 2 is 2.25 bits per heavy atom.